The van der Waals surface area contributed by atoms with Crippen molar-refractivity contribution < 1.29 is 17.9 Å². The SMILES string of the molecule is C[C@@H]1CN(S(=O)(=O)c2cc3c4c(c2)CCC(=O)N4CCC3)C[C@H](C)O1. The number of rotatable bonds is 2. The second-order valence-corrected chi connectivity index (χ2v) is 9.26. The van der Waals surface area contributed by atoms with Crippen molar-refractivity contribution in [3.05, 3.63) is 23.3 Å². The molecule has 1 saturated heterocycles. The van der Waals surface area contributed by atoms with Crippen molar-refractivity contribution in [2.45, 2.75) is 56.6 Å². The van der Waals surface area contributed by atoms with Gasteiger partial charge in [-0.05, 0) is 56.4 Å². The standard InChI is InChI=1S/C18H24N2O4S/c1-12-10-19(11-13(2)24-12)25(22,23)16-8-14-4-3-7-20-17(21)6-5-15(9-16)18(14)20/h8-9,12-13H,3-7,10-11H2,1-2H3/t12-,13+. The molecule has 7 heteroatoms. The Hall–Kier alpha value is -1.44. The van der Waals surface area contributed by atoms with Crippen molar-refractivity contribution >= 4 is 21.6 Å². The van der Waals surface area contributed by atoms with Gasteiger partial charge in [0.15, 0.2) is 0 Å². The van der Waals surface area contributed by atoms with Crippen molar-refractivity contribution in [2.24, 2.45) is 0 Å². The molecule has 1 fully saturated rings. The molecule has 0 radical (unpaired) electrons. The molecule has 1 amide bonds. The average molecular weight is 364 g/mol. The minimum Gasteiger partial charge on any atom is -0.373 e. The summed E-state index contributed by atoms with van der Waals surface area (Å²) in [5.74, 6) is 0.153. The number of hydrogen-bond acceptors (Lipinski definition) is 4. The van der Waals surface area contributed by atoms with E-state index in [1.54, 1.807) is 12.1 Å². The highest BCUT2D eigenvalue weighted by molar-refractivity contribution is 7.89. The van der Waals surface area contributed by atoms with Crippen molar-refractivity contribution in [1.82, 2.24) is 4.31 Å². The lowest BCUT2D eigenvalue weighted by Crippen LogP contribution is -2.48. The van der Waals surface area contributed by atoms with Gasteiger partial charge >= 0.3 is 0 Å². The molecule has 1 aromatic carbocycles. The highest BCUT2D eigenvalue weighted by Crippen LogP contribution is 2.38. The molecule has 136 valence electrons. The molecule has 6 nitrogen and oxygen atoms in total. The van der Waals surface area contributed by atoms with Gasteiger partial charge in [-0.1, -0.05) is 0 Å². The van der Waals surface area contributed by atoms with Crippen LogP contribution in [0.2, 0.25) is 0 Å². The van der Waals surface area contributed by atoms with Crippen LogP contribution in [0.5, 0.6) is 0 Å². The summed E-state index contributed by atoms with van der Waals surface area (Å²) < 4.78 is 33.6. The molecule has 3 aliphatic rings. The third-order valence-corrected chi connectivity index (χ3v) is 7.08. The van der Waals surface area contributed by atoms with Gasteiger partial charge < -0.3 is 9.64 Å². The van der Waals surface area contributed by atoms with Crippen molar-refractivity contribution in [3.8, 4) is 0 Å². The van der Waals surface area contributed by atoms with Gasteiger partial charge in [-0.15, -0.1) is 0 Å². The number of amides is 1. The molecule has 0 N–H and O–H groups in total. The lowest BCUT2D eigenvalue weighted by atomic mass is 9.92. The first kappa shape index (κ1) is 17.0. The molecule has 0 aliphatic carbocycles. The van der Waals surface area contributed by atoms with Crippen LogP contribution >= 0.6 is 0 Å². The predicted molar refractivity (Wildman–Crippen MR) is 94.2 cm³/mol. The minimum absolute atomic E-state index is 0.109. The van der Waals surface area contributed by atoms with E-state index in [2.05, 4.69) is 0 Å². The van der Waals surface area contributed by atoms with E-state index in [-0.39, 0.29) is 18.1 Å². The Morgan fingerprint density at radius 1 is 1.04 bits per heavy atom. The van der Waals surface area contributed by atoms with Crippen LogP contribution in [0.15, 0.2) is 17.0 Å². The largest absolute Gasteiger partial charge is 0.373 e. The highest BCUT2D eigenvalue weighted by Gasteiger charge is 2.35. The second-order valence-electron chi connectivity index (χ2n) is 7.32. The zero-order valence-corrected chi connectivity index (χ0v) is 15.5. The molecule has 0 spiro atoms. The van der Waals surface area contributed by atoms with E-state index in [9.17, 15) is 13.2 Å². The van der Waals surface area contributed by atoms with Crippen LogP contribution in [0.3, 0.4) is 0 Å². The predicted octanol–water partition coefficient (Wildman–Crippen LogP) is 1.71. The molecule has 0 saturated carbocycles. The summed E-state index contributed by atoms with van der Waals surface area (Å²) in [6, 6.07) is 3.56. The fourth-order valence-corrected chi connectivity index (χ4v) is 5.94. The topological polar surface area (TPSA) is 66.9 Å². The summed E-state index contributed by atoms with van der Waals surface area (Å²) in [7, 11) is -3.55. The van der Waals surface area contributed by atoms with E-state index >= 15 is 0 Å². The molecule has 0 bridgehead atoms. The zero-order valence-electron chi connectivity index (χ0n) is 14.7. The van der Waals surface area contributed by atoms with Crippen LogP contribution in [0, 0.1) is 0 Å². The third-order valence-electron chi connectivity index (χ3n) is 5.27. The monoisotopic (exact) mass is 364 g/mol. The number of anilines is 1. The zero-order chi connectivity index (χ0) is 17.8. The van der Waals surface area contributed by atoms with E-state index in [0.717, 1.165) is 36.2 Å². The highest BCUT2D eigenvalue weighted by atomic mass is 32.2. The van der Waals surface area contributed by atoms with E-state index in [1.807, 2.05) is 18.7 Å². The van der Waals surface area contributed by atoms with E-state index < -0.39 is 10.0 Å². The summed E-state index contributed by atoms with van der Waals surface area (Å²) in [5, 5.41) is 0. The van der Waals surface area contributed by atoms with Crippen LogP contribution in [-0.4, -0.2) is 50.5 Å². The Bertz CT molecular complexity index is 793. The number of nitrogens with zero attached hydrogens (tertiary/aromatic N) is 2. The number of morpholine rings is 1. The van der Waals surface area contributed by atoms with Crippen LogP contribution < -0.4 is 4.90 Å². The molecule has 25 heavy (non-hydrogen) atoms. The van der Waals surface area contributed by atoms with Crippen LogP contribution in [0.1, 0.15) is 37.8 Å². The summed E-state index contributed by atoms with van der Waals surface area (Å²) in [6.07, 6.45) is 2.57. The number of carbonyl (C=O) groups excluding carboxylic acids is 1. The van der Waals surface area contributed by atoms with E-state index in [4.69, 9.17) is 4.74 Å². The second kappa shape index (κ2) is 6.07. The summed E-state index contributed by atoms with van der Waals surface area (Å²) in [6.45, 7) is 5.30. The fourth-order valence-electron chi connectivity index (χ4n) is 4.25. The van der Waals surface area contributed by atoms with Crippen LogP contribution in [0.4, 0.5) is 5.69 Å². The van der Waals surface area contributed by atoms with Gasteiger partial charge in [0.1, 0.15) is 0 Å². The number of benzene rings is 1. The normalized spacial score (nSPS) is 27.3. The van der Waals surface area contributed by atoms with Gasteiger partial charge in [0.2, 0.25) is 15.9 Å². The van der Waals surface area contributed by atoms with Crippen molar-refractivity contribution in [3.63, 3.8) is 0 Å². The fraction of sp³-hybridized carbons (Fsp3) is 0.611. The number of carbonyl (C=O) groups is 1. The van der Waals surface area contributed by atoms with Crippen LogP contribution in [0.25, 0.3) is 0 Å². The molecule has 1 aromatic rings. The molecular formula is C18H24N2O4S. The van der Waals surface area contributed by atoms with Gasteiger partial charge in [-0.25, -0.2) is 8.42 Å². The number of ether oxygens (including phenoxy) is 1. The number of hydrogen-bond donors (Lipinski definition) is 0. The van der Waals surface area contributed by atoms with E-state index in [0.29, 0.717) is 30.8 Å². The smallest absolute Gasteiger partial charge is 0.243 e. The lowest BCUT2D eigenvalue weighted by molar-refractivity contribution is -0.119. The molecule has 4 rings (SSSR count). The maximum absolute atomic E-state index is 13.2. The molecule has 2 atom stereocenters. The Labute approximate surface area is 148 Å². The minimum atomic E-state index is -3.55. The van der Waals surface area contributed by atoms with Crippen molar-refractivity contribution in [2.75, 3.05) is 24.5 Å². The van der Waals surface area contributed by atoms with Gasteiger partial charge in [0.05, 0.1) is 22.8 Å². The first-order valence-electron chi connectivity index (χ1n) is 8.98. The Morgan fingerprint density at radius 2 is 1.68 bits per heavy atom. The Kier molecular flexibility index (Phi) is 4.13. The quantitative estimate of drug-likeness (QED) is 0.801. The number of aryl methyl sites for hydroxylation is 2. The van der Waals surface area contributed by atoms with Gasteiger partial charge in [0.25, 0.3) is 0 Å². The van der Waals surface area contributed by atoms with Gasteiger partial charge in [-0.2, -0.15) is 4.31 Å². The first-order chi connectivity index (χ1) is 11.9. The molecule has 3 heterocycles. The lowest BCUT2D eigenvalue weighted by Gasteiger charge is -2.37. The van der Waals surface area contributed by atoms with Crippen molar-refractivity contribution in [1.29, 1.82) is 0 Å². The maximum Gasteiger partial charge on any atom is 0.243 e. The summed E-state index contributed by atoms with van der Waals surface area (Å²) >= 11 is 0. The summed E-state index contributed by atoms with van der Waals surface area (Å²) in [5.41, 5.74) is 2.94. The van der Waals surface area contributed by atoms with E-state index in [1.165, 1.54) is 4.31 Å². The first-order valence-corrected chi connectivity index (χ1v) is 10.4. The maximum atomic E-state index is 13.2. The molecule has 3 aliphatic heterocycles. The molecule has 0 unspecified atom stereocenters. The van der Waals surface area contributed by atoms with Gasteiger partial charge in [-0.3, -0.25) is 4.79 Å². The summed E-state index contributed by atoms with van der Waals surface area (Å²) in [4.78, 5) is 14.4. The number of sulfonamides is 1. The molecular weight excluding hydrogens is 340 g/mol. The Balaban J connectivity index is 1.75. The Morgan fingerprint density at radius 3 is 2.36 bits per heavy atom. The molecule has 0 aromatic heterocycles. The van der Waals surface area contributed by atoms with Gasteiger partial charge in [0, 0.05) is 26.1 Å². The average Bonchev–Trinajstić information content (AvgIpc) is 2.57. The third kappa shape index (κ3) is 2.88. The van der Waals surface area contributed by atoms with Crippen LogP contribution in [-0.2, 0) is 32.4 Å².